The predicted octanol–water partition coefficient (Wildman–Crippen LogP) is 0.494. The van der Waals surface area contributed by atoms with Gasteiger partial charge in [0.05, 0.1) is 6.61 Å². The number of hydrogen-bond acceptors (Lipinski definition) is 6. The van der Waals surface area contributed by atoms with Gasteiger partial charge < -0.3 is 15.8 Å². The second-order valence-electron chi connectivity index (χ2n) is 4.46. The van der Waals surface area contributed by atoms with Gasteiger partial charge in [0, 0.05) is 11.4 Å². The molecule has 8 heteroatoms. The molecule has 0 atom stereocenters. The van der Waals surface area contributed by atoms with Gasteiger partial charge in [0.2, 0.25) is 5.91 Å². The SMILES string of the molecule is CCOC(=O)CS(=O)(=O)CC(=O)Nc1ccc(N)cc1C. The smallest absolute Gasteiger partial charge is 0.321 e. The summed E-state index contributed by atoms with van der Waals surface area (Å²) in [4.78, 5) is 22.9. The summed E-state index contributed by atoms with van der Waals surface area (Å²) in [5, 5.41) is 2.47. The maximum Gasteiger partial charge on any atom is 0.321 e. The zero-order valence-electron chi connectivity index (χ0n) is 11.9. The van der Waals surface area contributed by atoms with Crippen molar-refractivity contribution in [2.75, 3.05) is 29.2 Å². The van der Waals surface area contributed by atoms with Gasteiger partial charge in [0.1, 0.15) is 11.5 Å². The van der Waals surface area contributed by atoms with Crippen LogP contribution in [0.4, 0.5) is 11.4 Å². The molecule has 0 aliphatic rings. The molecule has 0 saturated heterocycles. The van der Waals surface area contributed by atoms with Crippen LogP contribution < -0.4 is 11.1 Å². The van der Waals surface area contributed by atoms with Gasteiger partial charge in [-0.2, -0.15) is 0 Å². The average molecular weight is 314 g/mol. The minimum atomic E-state index is -3.85. The van der Waals surface area contributed by atoms with Gasteiger partial charge in [-0.3, -0.25) is 9.59 Å². The Labute approximate surface area is 123 Å². The number of carbonyl (C=O) groups is 2. The van der Waals surface area contributed by atoms with Crippen LogP contribution in [0.5, 0.6) is 0 Å². The summed E-state index contributed by atoms with van der Waals surface area (Å²) in [6, 6.07) is 4.83. The van der Waals surface area contributed by atoms with Crippen molar-refractivity contribution in [3.8, 4) is 0 Å². The van der Waals surface area contributed by atoms with Crippen molar-refractivity contribution in [2.24, 2.45) is 0 Å². The Bertz CT molecular complexity index is 640. The van der Waals surface area contributed by atoms with Crippen LogP contribution in [0, 0.1) is 6.92 Å². The number of nitrogen functional groups attached to an aromatic ring is 1. The van der Waals surface area contributed by atoms with Gasteiger partial charge in [0.25, 0.3) is 0 Å². The molecule has 3 N–H and O–H groups in total. The zero-order valence-corrected chi connectivity index (χ0v) is 12.7. The lowest BCUT2D eigenvalue weighted by Crippen LogP contribution is -2.28. The highest BCUT2D eigenvalue weighted by Gasteiger charge is 2.21. The van der Waals surface area contributed by atoms with Crippen LogP contribution in [0.15, 0.2) is 18.2 Å². The number of amides is 1. The first-order chi connectivity index (χ1) is 9.73. The Morgan fingerprint density at radius 1 is 1.29 bits per heavy atom. The van der Waals surface area contributed by atoms with Crippen LogP contribution in [0.1, 0.15) is 12.5 Å². The quantitative estimate of drug-likeness (QED) is 0.583. The van der Waals surface area contributed by atoms with Crippen LogP contribution in [0.3, 0.4) is 0 Å². The van der Waals surface area contributed by atoms with Crippen LogP contribution in [-0.2, 0) is 24.2 Å². The fraction of sp³-hybridized carbons (Fsp3) is 0.385. The first-order valence-electron chi connectivity index (χ1n) is 6.25. The molecule has 0 aliphatic heterocycles. The summed E-state index contributed by atoms with van der Waals surface area (Å²) in [7, 11) is -3.85. The first-order valence-corrected chi connectivity index (χ1v) is 8.07. The lowest BCUT2D eigenvalue weighted by molar-refractivity contribution is -0.139. The molecule has 0 saturated carbocycles. The average Bonchev–Trinajstić information content (AvgIpc) is 2.31. The van der Waals surface area contributed by atoms with E-state index in [2.05, 4.69) is 10.1 Å². The molecule has 0 unspecified atom stereocenters. The Balaban J connectivity index is 2.66. The van der Waals surface area contributed by atoms with Crippen molar-refractivity contribution in [3.63, 3.8) is 0 Å². The first kappa shape index (κ1) is 17.0. The third-order valence-corrected chi connectivity index (χ3v) is 3.90. The Kier molecular flexibility index (Phi) is 5.71. The van der Waals surface area contributed by atoms with E-state index in [0.29, 0.717) is 16.9 Å². The molecule has 1 aromatic rings. The molecule has 1 rings (SSSR count). The van der Waals surface area contributed by atoms with Crippen molar-refractivity contribution < 1.29 is 22.7 Å². The van der Waals surface area contributed by atoms with E-state index in [1.54, 1.807) is 32.0 Å². The Hall–Kier alpha value is -2.09. The molecule has 0 aliphatic carbocycles. The van der Waals surface area contributed by atoms with Gasteiger partial charge in [-0.15, -0.1) is 0 Å². The van der Waals surface area contributed by atoms with E-state index in [0.717, 1.165) is 0 Å². The normalized spacial score (nSPS) is 11.0. The van der Waals surface area contributed by atoms with Gasteiger partial charge in [-0.05, 0) is 37.6 Å². The maximum absolute atomic E-state index is 11.7. The number of rotatable bonds is 6. The molecule has 116 valence electrons. The van der Waals surface area contributed by atoms with E-state index >= 15 is 0 Å². The van der Waals surface area contributed by atoms with Crippen molar-refractivity contribution in [1.29, 1.82) is 0 Å². The molecule has 1 aromatic carbocycles. The summed E-state index contributed by atoms with van der Waals surface area (Å²) in [5.74, 6) is -3.17. The number of carbonyl (C=O) groups excluding carboxylic acids is 2. The maximum atomic E-state index is 11.7. The number of benzene rings is 1. The topological polar surface area (TPSA) is 116 Å². The van der Waals surface area contributed by atoms with Gasteiger partial charge in [0.15, 0.2) is 9.84 Å². The Morgan fingerprint density at radius 2 is 1.95 bits per heavy atom. The van der Waals surface area contributed by atoms with E-state index in [-0.39, 0.29) is 6.61 Å². The summed E-state index contributed by atoms with van der Waals surface area (Å²) in [6.07, 6.45) is 0. The van der Waals surface area contributed by atoms with Crippen LogP contribution >= 0.6 is 0 Å². The predicted molar refractivity (Wildman–Crippen MR) is 79.5 cm³/mol. The summed E-state index contributed by atoms with van der Waals surface area (Å²) < 4.78 is 27.9. The van der Waals surface area contributed by atoms with Crippen LogP contribution in [0.25, 0.3) is 0 Å². The minimum absolute atomic E-state index is 0.0885. The van der Waals surface area contributed by atoms with E-state index in [1.807, 2.05) is 0 Å². The lowest BCUT2D eigenvalue weighted by Gasteiger charge is -2.09. The number of nitrogens with two attached hydrogens (primary N) is 1. The molecule has 0 bridgehead atoms. The van der Waals surface area contributed by atoms with Crippen LogP contribution in [0.2, 0.25) is 0 Å². The van der Waals surface area contributed by atoms with E-state index < -0.39 is 33.2 Å². The second kappa shape index (κ2) is 7.07. The second-order valence-corrected chi connectivity index (χ2v) is 6.52. The van der Waals surface area contributed by atoms with Crippen molar-refractivity contribution in [3.05, 3.63) is 23.8 Å². The number of aryl methyl sites for hydroxylation is 1. The number of nitrogens with one attached hydrogen (secondary N) is 1. The van der Waals surface area contributed by atoms with Gasteiger partial charge >= 0.3 is 5.97 Å². The van der Waals surface area contributed by atoms with Crippen LogP contribution in [-0.4, -0.2) is 38.4 Å². The monoisotopic (exact) mass is 314 g/mol. The highest BCUT2D eigenvalue weighted by atomic mass is 32.2. The van der Waals surface area contributed by atoms with E-state index in [4.69, 9.17) is 5.73 Å². The standard InChI is InChI=1S/C13H18N2O5S/c1-3-20-13(17)8-21(18,19)7-12(16)15-11-5-4-10(14)6-9(11)2/h4-6H,3,7-8,14H2,1-2H3,(H,15,16). The highest BCUT2D eigenvalue weighted by Crippen LogP contribution is 2.17. The summed E-state index contributed by atoms with van der Waals surface area (Å²) in [6.45, 7) is 3.39. The third-order valence-electron chi connectivity index (χ3n) is 2.52. The largest absolute Gasteiger partial charge is 0.465 e. The third kappa shape index (κ3) is 5.82. The molecule has 0 fully saturated rings. The number of esters is 1. The number of anilines is 2. The van der Waals surface area contributed by atoms with Gasteiger partial charge in [-0.1, -0.05) is 0 Å². The van der Waals surface area contributed by atoms with Crippen molar-refractivity contribution in [2.45, 2.75) is 13.8 Å². The van der Waals surface area contributed by atoms with E-state index in [9.17, 15) is 18.0 Å². The Morgan fingerprint density at radius 3 is 2.52 bits per heavy atom. The molecule has 1 amide bonds. The molecular weight excluding hydrogens is 296 g/mol. The lowest BCUT2D eigenvalue weighted by atomic mass is 10.2. The highest BCUT2D eigenvalue weighted by molar-refractivity contribution is 7.92. The molecule has 0 radical (unpaired) electrons. The zero-order chi connectivity index (χ0) is 16.0. The summed E-state index contributed by atoms with van der Waals surface area (Å²) >= 11 is 0. The minimum Gasteiger partial charge on any atom is -0.465 e. The summed E-state index contributed by atoms with van der Waals surface area (Å²) in [5.41, 5.74) is 7.31. The molecule has 0 aromatic heterocycles. The molecule has 0 heterocycles. The fourth-order valence-corrected chi connectivity index (χ4v) is 2.66. The number of hydrogen-bond donors (Lipinski definition) is 2. The molecule has 0 spiro atoms. The number of sulfone groups is 1. The fourth-order valence-electron chi connectivity index (χ4n) is 1.65. The van der Waals surface area contributed by atoms with Gasteiger partial charge in [-0.25, -0.2) is 8.42 Å². The van der Waals surface area contributed by atoms with Crippen molar-refractivity contribution in [1.82, 2.24) is 0 Å². The molecule has 21 heavy (non-hydrogen) atoms. The molecule has 7 nitrogen and oxygen atoms in total. The van der Waals surface area contributed by atoms with Crippen molar-refractivity contribution >= 4 is 33.1 Å². The number of ether oxygens (including phenoxy) is 1. The molecular formula is C13H18N2O5S. The van der Waals surface area contributed by atoms with E-state index in [1.165, 1.54) is 0 Å².